The van der Waals surface area contributed by atoms with Crippen LogP contribution in [0, 0.1) is 12.7 Å². The van der Waals surface area contributed by atoms with E-state index in [4.69, 9.17) is 11.6 Å². The van der Waals surface area contributed by atoms with Crippen LogP contribution in [0.15, 0.2) is 36.7 Å². The number of aromatic nitrogens is 1. The number of aliphatic hydroxyl groups excluding tert-OH is 1. The molecule has 0 radical (unpaired) electrons. The van der Waals surface area contributed by atoms with Crippen molar-refractivity contribution in [1.29, 1.82) is 0 Å². The van der Waals surface area contributed by atoms with Crippen molar-refractivity contribution in [2.45, 2.75) is 19.4 Å². The highest BCUT2D eigenvalue weighted by atomic mass is 35.5. The van der Waals surface area contributed by atoms with Crippen LogP contribution >= 0.6 is 11.6 Å². The second-order valence-electron chi connectivity index (χ2n) is 4.25. The fourth-order valence-electron chi connectivity index (χ4n) is 1.79. The summed E-state index contributed by atoms with van der Waals surface area (Å²) in [6, 6.07) is 6.16. The number of rotatable bonds is 3. The van der Waals surface area contributed by atoms with Gasteiger partial charge in [0.05, 0.1) is 6.10 Å². The third-order valence-electron chi connectivity index (χ3n) is 2.70. The topological polar surface area (TPSA) is 33.1 Å². The quantitative estimate of drug-likeness (QED) is 0.922. The first-order chi connectivity index (χ1) is 8.56. The number of hydrogen-bond acceptors (Lipinski definition) is 2. The van der Waals surface area contributed by atoms with Crippen LogP contribution in [0.1, 0.15) is 22.8 Å². The van der Waals surface area contributed by atoms with Crippen molar-refractivity contribution in [1.82, 2.24) is 4.98 Å². The van der Waals surface area contributed by atoms with Crippen molar-refractivity contribution in [3.63, 3.8) is 0 Å². The van der Waals surface area contributed by atoms with Crippen LogP contribution in [-0.2, 0) is 6.42 Å². The fraction of sp³-hybridized carbons (Fsp3) is 0.214. The standard InChI is InChI=1S/C14H13ClFNO/c1-9-4-11(8-17-7-9)14(18)6-10-5-12(15)2-3-13(10)16/h2-5,7-8,14,18H,6H2,1H3. The molecular weight excluding hydrogens is 253 g/mol. The van der Waals surface area contributed by atoms with Gasteiger partial charge >= 0.3 is 0 Å². The summed E-state index contributed by atoms with van der Waals surface area (Å²) in [6.07, 6.45) is 2.68. The highest BCUT2D eigenvalue weighted by Gasteiger charge is 2.12. The molecule has 1 unspecified atom stereocenters. The van der Waals surface area contributed by atoms with E-state index in [1.807, 2.05) is 13.0 Å². The Balaban J connectivity index is 2.21. The van der Waals surface area contributed by atoms with Crippen LogP contribution in [0.3, 0.4) is 0 Å². The van der Waals surface area contributed by atoms with Gasteiger partial charge in [0.2, 0.25) is 0 Å². The molecule has 2 aromatic rings. The molecule has 0 aliphatic heterocycles. The number of hydrogen-bond donors (Lipinski definition) is 1. The SMILES string of the molecule is Cc1cncc(C(O)Cc2cc(Cl)ccc2F)c1. The zero-order valence-corrected chi connectivity index (χ0v) is 10.7. The van der Waals surface area contributed by atoms with E-state index in [1.54, 1.807) is 12.4 Å². The van der Waals surface area contributed by atoms with E-state index in [9.17, 15) is 9.50 Å². The summed E-state index contributed by atoms with van der Waals surface area (Å²) in [4.78, 5) is 4.01. The molecule has 1 aromatic carbocycles. The first kappa shape index (κ1) is 13.0. The molecule has 94 valence electrons. The van der Waals surface area contributed by atoms with Crippen LogP contribution in [0.5, 0.6) is 0 Å². The normalized spacial score (nSPS) is 12.4. The Morgan fingerprint density at radius 1 is 1.33 bits per heavy atom. The summed E-state index contributed by atoms with van der Waals surface area (Å²) in [5, 5.41) is 10.5. The Morgan fingerprint density at radius 2 is 2.11 bits per heavy atom. The molecule has 1 atom stereocenters. The predicted octanol–water partition coefficient (Wildman–Crippen LogP) is 3.46. The third-order valence-corrected chi connectivity index (χ3v) is 2.94. The smallest absolute Gasteiger partial charge is 0.126 e. The molecule has 18 heavy (non-hydrogen) atoms. The number of nitrogens with zero attached hydrogens (tertiary/aromatic N) is 1. The van der Waals surface area contributed by atoms with Gasteiger partial charge in [-0.1, -0.05) is 17.7 Å². The average Bonchev–Trinajstić information content (AvgIpc) is 2.34. The minimum atomic E-state index is -0.787. The van der Waals surface area contributed by atoms with Gasteiger partial charge in [0.1, 0.15) is 5.82 Å². The van der Waals surface area contributed by atoms with Crippen LogP contribution in [0.25, 0.3) is 0 Å². The molecule has 0 spiro atoms. The lowest BCUT2D eigenvalue weighted by molar-refractivity contribution is 0.176. The zero-order valence-electron chi connectivity index (χ0n) is 9.90. The summed E-state index contributed by atoms with van der Waals surface area (Å²) in [7, 11) is 0. The largest absolute Gasteiger partial charge is 0.388 e. The molecule has 2 nitrogen and oxygen atoms in total. The maximum absolute atomic E-state index is 13.5. The van der Waals surface area contributed by atoms with E-state index >= 15 is 0 Å². The Hall–Kier alpha value is -1.45. The molecule has 2 rings (SSSR count). The second kappa shape index (κ2) is 5.46. The van der Waals surface area contributed by atoms with Crippen LogP contribution in [-0.4, -0.2) is 10.1 Å². The molecule has 0 saturated heterocycles. The van der Waals surface area contributed by atoms with Crippen molar-refractivity contribution < 1.29 is 9.50 Å². The fourth-order valence-corrected chi connectivity index (χ4v) is 1.98. The van der Waals surface area contributed by atoms with Gasteiger partial charge in [-0.05, 0) is 41.8 Å². The lowest BCUT2D eigenvalue weighted by Gasteiger charge is -2.12. The maximum atomic E-state index is 13.5. The molecule has 0 aliphatic carbocycles. The number of pyridine rings is 1. The number of aryl methyl sites for hydroxylation is 1. The summed E-state index contributed by atoms with van der Waals surface area (Å²) in [5.74, 6) is -0.362. The lowest BCUT2D eigenvalue weighted by Crippen LogP contribution is -2.04. The first-order valence-corrected chi connectivity index (χ1v) is 5.97. The Kier molecular flexibility index (Phi) is 3.94. The molecule has 4 heteroatoms. The Bertz CT molecular complexity index is 559. The zero-order chi connectivity index (χ0) is 13.1. The van der Waals surface area contributed by atoms with Crippen molar-refractivity contribution in [3.8, 4) is 0 Å². The van der Waals surface area contributed by atoms with Gasteiger partial charge in [-0.25, -0.2) is 4.39 Å². The molecule has 1 N–H and O–H groups in total. The van der Waals surface area contributed by atoms with Gasteiger partial charge in [-0.2, -0.15) is 0 Å². The van der Waals surface area contributed by atoms with Gasteiger partial charge in [-0.3, -0.25) is 4.98 Å². The minimum Gasteiger partial charge on any atom is -0.388 e. The van der Waals surface area contributed by atoms with E-state index in [2.05, 4.69) is 4.98 Å². The highest BCUT2D eigenvalue weighted by Crippen LogP contribution is 2.22. The predicted molar refractivity (Wildman–Crippen MR) is 69.0 cm³/mol. The Morgan fingerprint density at radius 3 is 2.83 bits per heavy atom. The molecule has 1 heterocycles. The minimum absolute atomic E-state index is 0.178. The summed E-state index contributed by atoms with van der Waals surface area (Å²) >= 11 is 5.81. The van der Waals surface area contributed by atoms with E-state index in [0.717, 1.165) is 5.56 Å². The summed E-state index contributed by atoms with van der Waals surface area (Å²) in [6.45, 7) is 1.89. The third kappa shape index (κ3) is 3.06. The summed E-state index contributed by atoms with van der Waals surface area (Å²) < 4.78 is 13.5. The van der Waals surface area contributed by atoms with Crippen LogP contribution in [0.2, 0.25) is 5.02 Å². The van der Waals surface area contributed by atoms with Gasteiger partial charge in [-0.15, -0.1) is 0 Å². The van der Waals surface area contributed by atoms with Gasteiger partial charge < -0.3 is 5.11 Å². The second-order valence-corrected chi connectivity index (χ2v) is 4.69. The molecule has 0 amide bonds. The van der Waals surface area contributed by atoms with Crippen molar-refractivity contribution in [2.75, 3.05) is 0 Å². The van der Waals surface area contributed by atoms with E-state index < -0.39 is 6.10 Å². The maximum Gasteiger partial charge on any atom is 0.126 e. The van der Waals surface area contributed by atoms with Crippen molar-refractivity contribution in [3.05, 3.63) is 64.2 Å². The number of benzene rings is 1. The van der Waals surface area contributed by atoms with Gasteiger partial charge in [0, 0.05) is 23.8 Å². The van der Waals surface area contributed by atoms with E-state index in [1.165, 1.54) is 18.2 Å². The van der Waals surface area contributed by atoms with Crippen molar-refractivity contribution >= 4 is 11.6 Å². The molecular formula is C14H13ClFNO. The summed E-state index contributed by atoms with van der Waals surface area (Å²) in [5.41, 5.74) is 2.03. The van der Waals surface area contributed by atoms with Crippen LogP contribution in [0.4, 0.5) is 4.39 Å². The molecule has 0 saturated carbocycles. The van der Waals surface area contributed by atoms with E-state index in [-0.39, 0.29) is 12.2 Å². The molecule has 0 fully saturated rings. The Labute approximate surface area is 110 Å². The monoisotopic (exact) mass is 265 g/mol. The highest BCUT2D eigenvalue weighted by molar-refractivity contribution is 6.30. The first-order valence-electron chi connectivity index (χ1n) is 5.60. The van der Waals surface area contributed by atoms with Gasteiger partial charge in [0.15, 0.2) is 0 Å². The van der Waals surface area contributed by atoms with E-state index in [0.29, 0.717) is 16.1 Å². The molecule has 0 bridgehead atoms. The van der Waals surface area contributed by atoms with Crippen molar-refractivity contribution in [2.24, 2.45) is 0 Å². The average molecular weight is 266 g/mol. The lowest BCUT2D eigenvalue weighted by atomic mass is 10.0. The number of aliphatic hydroxyl groups is 1. The van der Waals surface area contributed by atoms with Crippen LogP contribution < -0.4 is 0 Å². The van der Waals surface area contributed by atoms with Gasteiger partial charge in [0.25, 0.3) is 0 Å². The number of halogens is 2. The molecule has 0 aliphatic rings. The molecule has 1 aromatic heterocycles.